The van der Waals surface area contributed by atoms with E-state index >= 15 is 0 Å². The van der Waals surface area contributed by atoms with E-state index in [0.717, 1.165) is 0 Å². The first-order valence-electron chi connectivity index (χ1n) is 6.89. The zero-order valence-electron chi connectivity index (χ0n) is 12.7. The van der Waals surface area contributed by atoms with Crippen molar-refractivity contribution < 1.29 is 24.4 Å². The quantitative estimate of drug-likeness (QED) is 0.768. The van der Waals surface area contributed by atoms with E-state index in [2.05, 4.69) is 13.2 Å². The molecule has 122 valence electrons. The Kier molecular flexibility index (Phi) is 8.66. The van der Waals surface area contributed by atoms with Gasteiger partial charge in [-0.15, -0.1) is 0 Å². The third-order valence-corrected chi connectivity index (χ3v) is 2.28. The minimum atomic E-state index is -0.125. The van der Waals surface area contributed by atoms with Crippen molar-refractivity contribution in [3.63, 3.8) is 0 Å². The van der Waals surface area contributed by atoms with Gasteiger partial charge in [-0.25, -0.2) is 0 Å². The third-order valence-electron chi connectivity index (χ3n) is 2.28. The summed E-state index contributed by atoms with van der Waals surface area (Å²) >= 11 is 0. The summed E-state index contributed by atoms with van der Waals surface area (Å²) in [5.74, 6) is 1.49. The Morgan fingerprint density at radius 3 is 1.35 bits per heavy atom. The van der Waals surface area contributed by atoms with Crippen LogP contribution >= 0.6 is 0 Å². The van der Waals surface area contributed by atoms with Crippen LogP contribution in [0.1, 0.15) is 0 Å². The van der Waals surface area contributed by atoms with Crippen LogP contribution < -0.4 is 9.47 Å². The lowest BCUT2D eigenvalue weighted by Gasteiger charge is -2.12. The van der Waals surface area contributed by atoms with Gasteiger partial charge in [-0.1, -0.05) is 36.4 Å². The van der Waals surface area contributed by atoms with Crippen molar-refractivity contribution >= 4 is 0 Å². The Morgan fingerprint density at radius 2 is 1.04 bits per heavy atom. The maximum atomic E-state index is 7.62. The summed E-state index contributed by atoms with van der Waals surface area (Å²) < 4.78 is 16.0. The van der Waals surface area contributed by atoms with E-state index < -0.39 is 0 Å². The first kappa shape index (κ1) is 18.3. The van der Waals surface area contributed by atoms with E-state index in [1.165, 1.54) is 0 Å². The molecule has 0 saturated carbocycles. The molecule has 0 heterocycles. The Balaban J connectivity index is 0.000000593. The van der Waals surface area contributed by atoms with Gasteiger partial charge < -0.3 is 24.4 Å². The molecule has 2 N–H and O–H groups in total. The van der Waals surface area contributed by atoms with Crippen LogP contribution in [0.25, 0.3) is 0 Å². The second-order valence-corrected chi connectivity index (χ2v) is 4.12. The molecule has 2 rings (SSSR count). The van der Waals surface area contributed by atoms with Crippen LogP contribution in [0.5, 0.6) is 11.5 Å². The summed E-state index contributed by atoms with van der Waals surface area (Å²) in [6.45, 7) is 7.04. The van der Waals surface area contributed by atoms with Crippen LogP contribution in [-0.4, -0.2) is 23.4 Å². The molecular formula is C18H20O5. The Labute approximate surface area is 135 Å². The predicted molar refractivity (Wildman–Crippen MR) is 87.7 cm³/mol. The standard InChI is InChI=1S/C16H14O3.C2H6O2/c1-13(18-15-9-5-3-6-10-15)17-14(2)19-16-11-7-4-8-12-16;3-1-2-4/h3-12H,1-2H2;3-4H,1-2H2. The summed E-state index contributed by atoms with van der Waals surface area (Å²) in [6.07, 6.45) is 0. The topological polar surface area (TPSA) is 68.2 Å². The minimum absolute atomic E-state index is 0.104. The number of rotatable bonds is 7. The van der Waals surface area contributed by atoms with Gasteiger partial charge in [-0.3, -0.25) is 0 Å². The molecule has 0 amide bonds. The second-order valence-electron chi connectivity index (χ2n) is 4.12. The molecule has 0 saturated heterocycles. The normalized spacial score (nSPS) is 9.13. The van der Waals surface area contributed by atoms with Crippen LogP contribution in [0.15, 0.2) is 85.7 Å². The molecule has 0 fully saturated rings. The average Bonchev–Trinajstić information content (AvgIpc) is 2.56. The van der Waals surface area contributed by atoms with Crippen molar-refractivity contribution in [2.75, 3.05) is 13.2 Å². The van der Waals surface area contributed by atoms with Crippen molar-refractivity contribution in [3.8, 4) is 11.5 Å². The van der Waals surface area contributed by atoms with Crippen LogP contribution in [0.3, 0.4) is 0 Å². The van der Waals surface area contributed by atoms with Crippen LogP contribution in [0.2, 0.25) is 0 Å². The molecule has 0 aliphatic carbocycles. The number of hydrogen-bond acceptors (Lipinski definition) is 5. The van der Waals surface area contributed by atoms with Gasteiger partial charge in [0.15, 0.2) is 0 Å². The highest BCUT2D eigenvalue weighted by Gasteiger charge is 2.03. The fourth-order valence-electron chi connectivity index (χ4n) is 1.41. The van der Waals surface area contributed by atoms with Crippen LogP contribution in [0.4, 0.5) is 0 Å². The van der Waals surface area contributed by atoms with Crippen molar-refractivity contribution in [1.82, 2.24) is 0 Å². The number of aliphatic hydroxyl groups excluding tert-OH is 2. The van der Waals surface area contributed by atoms with Gasteiger partial charge in [0, 0.05) is 0 Å². The predicted octanol–water partition coefficient (Wildman–Crippen LogP) is 3.07. The molecule has 5 nitrogen and oxygen atoms in total. The van der Waals surface area contributed by atoms with E-state index in [4.69, 9.17) is 24.4 Å². The number of benzene rings is 2. The summed E-state index contributed by atoms with van der Waals surface area (Å²) in [6, 6.07) is 18.4. The summed E-state index contributed by atoms with van der Waals surface area (Å²) in [5, 5.41) is 15.2. The zero-order valence-corrected chi connectivity index (χ0v) is 12.7. The highest BCUT2D eigenvalue weighted by atomic mass is 16.7. The highest BCUT2D eigenvalue weighted by molar-refractivity contribution is 5.23. The van der Waals surface area contributed by atoms with Gasteiger partial charge in [0.1, 0.15) is 11.5 Å². The van der Waals surface area contributed by atoms with E-state index in [1.807, 2.05) is 36.4 Å². The molecule has 2 aromatic rings. The second kappa shape index (κ2) is 10.9. The van der Waals surface area contributed by atoms with Gasteiger partial charge in [-0.05, 0) is 37.4 Å². The number of aliphatic hydroxyl groups is 2. The Morgan fingerprint density at radius 1 is 0.696 bits per heavy atom. The van der Waals surface area contributed by atoms with Crippen molar-refractivity contribution in [1.29, 1.82) is 0 Å². The van der Waals surface area contributed by atoms with Crippen molar-refractivity contribution in [2.24, 2.45) is 0 Å². The lowest BCUT2D eigenvalue weighted by molar-refractivity contribution is 0.0919. The average molecular weight is 316 g/mol. The third kappa shape index (κ3) is 8.31. The summed E-state index contributed by atoms with van der Waals surface area (Å²) in [7, 11) is 0. The monoisotopic (exact) mass is 316 g/mol. The van der Waals surface area contributed by atoms with Gasteiger partial charge >= 0.3 is 0 Å². The highest BCUT2D eigenvalue weighted by Crippen LogP contribution is 2.17. The molecular weight excluding hydrogens is 296 g/mol. The fourth-order valence-corrected chi connectivity index (χ4v) is 1.41. The Bertz CT molecular complexity index is 527. The van der Waals surface area contributed by atoms with Gasteiger partial charge in [0.05, 0.1) is 13.2 Å². The molecule has 0 atom stereocenters. The SMILES string of the molecule is C=C(OC(=C)Oc1ccccc1)Oc1ccccc1.OCCO. The summed E-state index contributed by atoms with van der Waals surface area (Å²) in [5.41, 5.74) is 0. The van der Waals surface area contributed by atoms with Gasteiger partial charge in [0.25, 0.3) is 11.9 Å². The maximum absolute atomic E-state index is 7.62. The molecule has 0 aliphatic heterocycles. The molecule has 5 heteroatoms. The molecule has 0 spiro atoms. The Hall–Kier alpha value is -2.76. The van der Waals surface area contributed by atoms with E-state index in [-0.39, 0.29) is 25.1 Å². The number of hydrogen-bond donors (Lipinski definition) is 2. The molecule has 0 aromatic heterocycles. The lowest BCUT2D eigenvalue weighted by atomic mass is 10.3. The van der Waals surface area contributed by atoms with Crippen molar-refractivity contribution in [3.05, 3.63) is 85.7 Å². The van der Waals surface area contributed by atoms with Gasteiger partial charge in [-0.2, -0.15) is 0 Å². The largest absolute Gasteiger partial charge is 0.426 e. The van der Waals surface area contributed by atoms with Crippen LogP contribution in [-0.2, 0) is 4.74 Å². The molecule has 2 aromatic carbocycles. The molecule has 0 unspecified atom stereocenters. The molecule has 0 aliphatic rings. The summed E-state index contributed by atoms with van der Waals surface area (Å²) in [4.78, 5) is 0. The smallest absolute Gasteiger partial charge is 0.285 e. The minimum Gasteiger partial charge on any atom is -0.426 e. The maximum Gasteiger partial charge on any atom is 0.285 e. The van der Waals surface area contributed by atoms with E-state index in [1.54, 1.807) is 24.3 Å². The molecule has 0 radical (unpaired) electrons. The first-order valence-corrected chi connectivity index (χ1v) is 6.89. The zero-order chi connectivity index (χ0) is 16.9. The van der Waals surface area contributed by atoms with Crippen LogP contribution in [0, 0.1) is 0 Å². The van der Waals surface area contributed by atoms with E-state index in [0.29, 0.717) is 11.5 Å². The van der Waals surface area contributed by atoms with Gasteiger partial charge in [0.2, 0.25) is 0 Å². The molecule has 0 bridgehead atoms. The number of ether oxygens (including phenoxy) is 3. The first-order chi connectivity index (χ1) is 11.2. The number of para-hydroxylation sites is 2. The fraction of sp³-hybridized carbons (Fsp3) is 0.111. The van der Waals surface area contributed by atoms with Crippen molar-refractivity contribution in [2.45, 2.75) is 0 Å². The lowest BCUT2D eigenvalue weighted by Crippen LogP contribution is -2.03. The molecule has 23 heavy (non-hydrogen) atoms. The van der Waals surface area contributed by atoms with E-state index in [9.17, 15) is 0 Å².